The lowest BCUT2D eigenvalue weighted by molar-refractivity contribution is -0.160. The highest BCUT2D eigenvalue weighted by atomic mass is 16.6. The fraction of sp³-hybridized carbons (Fsp3) is 0.750. The largest absolute Gasteiger partial charge is 0.481 e. The van der Waals surface area contributed by atoms with Crippen LogP contribution in [0.4, 0.5) is 4.79 Å². The summed E-state index contributed by atoms with van der Waals surface area (Å²) in [6, 6.07) is -0.654. The number of carbonyl (C=O) groups excluding carboxylic acids is 2. The second kappa shape index (κ2) is 7.60. The van der Waals surface area contributed by atoms with Gasteiger partial charge in [-0.15, -0.1) is 0 Å². The van der Waals surface area contributed by atoms with Crippen molar-refractivity contribution in [2.45, 2.75) is 45.6 Å². The Morgan fingerprint density at radius 2 is 1.89 bits per heavy atom. The number of aliphatic carboxylic acids is 1. The van der Waals surface area contributed by atoms with Crippen molar-refractivity contribution in [3.63, 3.8) is 0 Å². The van der Waals surface area contributed by atoms with Crippen LogP contribution in [0.1, 0.15) is 40.0 Å². The highest BCUT2D eigenvalue weighted by molar-refractivity contribution is 5.79. The molecule has 2 amide bonds. The second-order valence-corrected chi connectivity index (χ2v) is 5.26. The van der Waals surface area contributed by atoms with Gasteiger partial charge in [-0.05, 0) is 33.6 Å². The molecule has 7 nitrogen and oxygen atoms in total. The van der Waals surface area contributed by atoms with Gasteiger partial charge in [0.25, 0.3) is 0 Å². The van der Waals surface area contributed by atoms with E-state index in [2.05, 4.69) is 5.32 Å². The normalized spacial score (nSPS) is 12.6. The number of esters is 1. The molecule has 0 radical (unpaired) electrons. The first-order valence-corrected chi connectivity index (χ1v) is 6.10. The number of nitrogens with one attached hydrogen (secondary N) is 1. The zero-order chi connectivity index (χ0) is 15.1. The number of hydrogen-bond donors (Lipinski definition) is 3. The zero-order valence-corrected chi connectivity index (χ0v) is 11.6. The molecule has 0 aromatic rings. The van der Waals surface area contributed by atoms with Crippen LogP contribution in [0.3, 0.4) is 0 Å². The van der Waals surface area contributed by atoms with Gasteiger partial charge < -0.3 is 20.9 Å². The van der Waals surface area contributed by atoms with Crippen molar-refractivity contribution < 1.29 is 24.2 Å². The minimum atomic E-state index is -1.05. The van der Waals surface area contributed by atoms with Gasteiger partial charge in [0.1, 0.15) is 5.60 Å². The summed E-state index contributed by atoms with van der Waals surface area (Å²) >= 11 is 0. The smallest absolute Gasteiger partial charge is 0.312 e. The molecule has 0 aromatic heterocycles. The number of carboxylic acid groups (broad SMARTS) is 1. The molecule has 19 heavy (non-hydrogen) atoms. The van der Waals surface area contributed by atoms with Crippen molar-refractivity contribution in [2.24, 2.45) is 11.7 Å². The van der Waals surface area contributed by atoms with Crippen LogP contribution in [0.2, 0.25) is 0 Å². The van der Waals surface area contributed by atoms with E-state index in [0.717, 1.165) is 0 Å². The third-order valence-electron chi connectivity index (χ3n) is 2.21. The van der Waals surface area contributed by atoms with Crippen LogP contribution in [-0.2, 0) is 14.3 Å². The van der Waals surface area contributed by atoms with Crippen LogP contribution in [0.5, 0.6) is 0 Å². The predicted molar refractivity (Wildman–Crippen MR) is 68.4 cm³/mol. The number of rotatable bonds is 7. The number of hydrogen-bond acceptors (Lipinski definition) is 4. The molecule has 0 aromatic carbocycles. The highest BCUT2D eigenvalue weighted by Crippen LogP contribution is 2.16. The Morgan fingerprint density at radius 3 is 2.32 bits per heavy atom. The molecular formula is C12H22N2O5. The van der Waals surface area contributed by atoms with Crippen LogP contribution < -0.4 is 11.1 Å². The van der Waals surface area contributed by atoms with E-state index in [1.807, 2.05) is 0 Å². The number of carbonyl (C=O) groups is 3. The topological polar surface area (TPSA) is 119 Å². The Morgan fingerprint density at radius 1 is 1.32 bits per heavy atom. The first kappa shape index (κ1) is 17.2. The summed E-state index contributed by atoms with van der Waals surface area (Å²) < 4.78 is 5.07. The molecule has 0 aliphatic heterocycles. The minimum Gasteiger partial charge on any atom is -0.481 e. The van der Waals surface area contributed by atoms with Crippen molar-refractivity contribution in [1.82, 2.24) is 5.32 Å². The molecule has 110 valence electrons. The lowest BCUT2D eigenvalue weighted by atomic mass is 9.99. The highest BCUT2D eigenvalue weighted by Gasteiger charge is 2.24. The van der Waals surface area contributed by atoms with E-state index in [1.54, 1.807) is 20.8 Å². The van der Waals surface area contributed by atoms with E-state index < -0.39 is 29.5 Å². The Hall–Kier alpha value is -1.79. The molecule has 0 heterocycles. The third-order valence-corrected chi connectivity index (χ3v) is 2.21. The van der Waals surface area contributed by atoms with Gasteiger partial charge in [0, 0.05) is 6.54 Å². The SMILES string of the molecule is CC(C)(C)OC(=O)C[C@@H](CCCNC(N)=O)C(=O)O. The van der Waals surface area contributed by atoms with Gasteiger partial charge in [-0.3, -0.25) is 9.59 Å². The Bertz CT molecular complexity index is 336. The molecule has 0 bridgehead atoms. The molecule has 0 rings (SSSR count). The van der Waals surface area contributed by atoms with Crippen LogP contribution >= 0.6 is 0 Å². The number of primary amides is 1. The molecule has 0 saturated heterocycles. The van der Waals surface area contributed by atoms with Gasteiger partial charge in [0.05, 0.1) is 12.3 Å². The summed E-state index contributed by atoms with van der Waals surface area (Å²) in [7, 11) is 0. The van der Waals surface area contributed by atoms with Crippen molar-refractivity contribution in [2.75, 3.05) is 6.54 Å². The summed E-state index contributed by atoms with van der Waals surface area (Å²) in [4.78, 5) is 33.0. The number of carboxylic acids is 1. The van der Waals surface area contributed by atoms with Crippen molar-refractivity contribution in [3.8, 4) is 0 Å². The van der Waals surface area contributed by atoms with E-state index in [1.165, 1.54) is 0 Å². The van der Waals surface area contributed by atoms with Crippen LogP contribution in [-0.4, -0.2) is 35.2 Å². The van der Waals surface area contributed by atoms with Crippen LogP contribution in [0.15, 0.2) is 0 Å². The maximum absolute atomic E-state index is 11.5. The van der Waals surface area contributed by atoms with Gasteiger partial charge >= 0.3 is 18.0 Å². The number of nitrogens with two attached hydrogens (primary N) is 1. The quantitative estimate of drug-likeness (QED) is 0.470. The maximum atomic E-state index is 11.5. The Kier molecular flexibility index (Phi) is 6.89. The van der Waals surface area contributed by atoms with Crippen LogP contribution in [0.25, 0.3) is 0 Å². The van der Waals surface area contributed by atoms with Gasteiger partial charge in [0.2, 0.25) is 0 Å². The monoisotopic (exact) mass is 274 g/mol. The van der Waals surface area contributed by atoms with Crippen LogP contribution in [0, 0.1) is 5.92 Å². The second-order valence-electron chi connectivity index (χ2n) is 5.26. The molecule has 7 heteroatoms. The number of urea groups is 1. The molecule has 1 atom stereocenters. The van der Waals surface area contributed by atoms with Gasteiger partial charge in [-0.1, -0.05) is 0 Å². The lowest BCUT2D eigenvalue weighted by Gasteiger charge is -2.21. The minimum absolute atomic E-state index is 0.177. The first-order valence-electron chi connectivity index (χ1n) is 6.10. The van der Waals surface area contributed by atoms with Crippen molar-refractivity contribution >= 4 is 18.0 Å². The standard InChI is InChI=1S/C12H22N2O5/c1-12(2,3)19-9(15)7-8(10(16)17)5-4-6-14-11(13)18/h8H,4-7H2,1-3H3,(H,16,17)(H3,13,14,18)/t8-/m1/s1. The molecule has 0 spiro atoms. The van der Waals surface area contributed by atoms with E-state index >= 15 is 0 Å². The van der Waals surface area contributed by atoms with Gasteiger partial charge in [-0.2, -0.15) is 0 Å². The van der Waals surface area contributed by atoms with Crippen molar-refractivity contribution in [1.29, 1.82) is 0 Å². The molecule has 4 N–H and O–H groups in total. The van der Waals surface area contributed by atoms with Gasteiger partial charge in [-0.25, -0.2) is 4.79 Å². The third kappa shape index (κ3) is 9.87. The average Bonchev–Trinajstić information content (AvgIpc) is 2.19. The molecule has 0 unspecified atom stereocenters. The maximum Gasteiger partial charge on any atom is 0.312 e. The fourth-order valence-electron chi connectivity index (χ4n) is 1.46. The summed E-state index contributed by atoms with van der Waals surface area (Å²) in [5.74, 6) is -2.41. The molecule has 0 aliphatic rings. The number of ether oxygens (including phenoxy) is 1. The van der Waals surface area contributed by atoms with Gasteiger partial charge in [0.15, 0.2) is 0 Å². The van der Waals surface area contributed by atoms with Crippen molar-refractivity contribution in [3.05, 3.63) is 0 Å². The van der Waals surface area contributed by atoms with E-state index in [9.17, 15) is 14.4 Å². The van der Waals surface area contributed by atoms with E-state index in [4.69, 9.17) is 15.6 Å². The fourth-order valence-corrected chi connectivity index (χ4v) is 1.46. The summed E-state index contributed by atoms with van der Waals surface area (Å²) in [6.45, 7) is 5.44. The lowest BCUT2D eigenvalue weighted by Crippen LogP contribution is -2.31. The molecule has 0 aliphatic carbocycles. The Labute approximate surface area is 112 Å². The summed E-state index contributed by atoms with van der Waals surface area (Å²) in [5.41, 5.74) is 4.25. The number of amides is 2. The zero-order valence-electron chi connectivity index (χ0n) is 11.6. The average molecular weight is 274 g/mol. The Balaban J connectivity index is 4.16. The summed E-state index contributed by atoms with van der Waals surface area (Å²) in [6.07, 6.45) is 0.529. The first-order chi connectivity index (χ1) is 8.61. The summed E-state index contributed by atoms with van der Waals surface area (Å²) in [5, 5.41) is 11.4. The van der Waals surface area contributed by atoms with E-state index in [-0.39, 0.29) is 19.4 Å². The van der Waals surface area contributed by atoms with E-state index in [0.29, 0.717) is 6.42 Å². The molecule has 0 fully saturated rings. The molecule has 0 saturated carbocycles. The molecular weight excluding hydrogens is 252 g/mol. The predicted octanol–water partition coefficient (Wildman–Crippen LogP) is 0.867.